The van der Waals surface area contributed by atoms with Gasteiger partial charge in [-0.05, 0) is 38.3 Å². The fourth-order valence-corrected chi connectivity index (χ4v) is 3.28. The molecule has 1 amide bonds. The molecule has 0 unspecified atom stereocenters. The molecule has 0 aliphatic heterocycles. The Labute approximate surface area is 176 Å². The van der Waals surface area contributed by atoms with E-state index in [9.17, 15) is 9.59 Å². The van der Waals surface area contributed by atoms with Gasteiger partial charge in [-0.1, -0.05) is 48.5 Å². The molecule has 6 heteroatoms. The standard InChI is InChI=1S/C24H27NO5/c1-16(13-14-18-9-5-4-6-10-18)25-23(26)17(2)29-24(27)22-20(15-28-3)19-11-7-8-12-21(19)30-22/h4-12,16-17H,13-15H2,1-3H3,(H,25,26)/t16-,17-/m1/s1. The molecule has 0 bridgehead atoms. The molecule has 1 N–H and O–H groups in total. The SMILES string of the molecule is COCc1c(C(=O)O[C@H](C)C(=O)N[C@H](C)CCc2ccccc2)oc2ccccc12. The Morgan fingerprint density at radius 1 is 1.03 bits per heavy atom. The molecular weight excluding hydrogens is 382 g/mol. The normalized spacial score (nSPS) is 13.0. The lowest BCUT2D eigenvalue weighted by Gasteiger charge is -2.18. The van der Waals surface area contributed by atoms with E-state index in [0.717, 1.165) is 18.2 Å². The molecule has 3 rings (SSSR count). The van der Waals surface area contributed by atoms with Crippen LogP contribution < -0.4 is 5.32 Å². The monoisotopic (exact) mass is 409 g/mol. The molecule has 2 atom stereocenters. The van der Waals surface area contributed by atoms with Gasteiger partial charge in [-0.25, -0.2) is 4.79 Å². The fraction of sp³-hybridized carbons (Fsp3) is 0.333. The molecule has 0 aliphatic rings. The van der Waals surface area contributed by atoms with Gasteiger partial charge in [-0.3, -0.25) is 4.79 Å². The van der Waals surface area contributed by atoms with Gasteiger partial charge >= 0.3 is 5.97 Å². The van der Waals surface area contributed by atoms with Crippen LogP contribution in [0, 0.1) is 0 Å². The largest absolute Gasteiger partial charge is 0.449 e. The van der Waals surface area contributed by atoms with E-state index in [0.29, 0.717) is 11.1 Å². The Morgan fingerprint density at radius 3 is 2.47 bits per heavy atom. The van der Waals surface area contributed by atoms with Crippen LogP contribution in [0.3, 0.4) is 0 Å². The van der Waals surface area contributed by atoms with Crippen molar-refractivity contribution < 1.29 is 23.5 Å². The zero-order valence-electron chi connectivity index (χ0n) is 17.5. The average molecular weight is 409 g/mol. The summed E-state index contributed by atoms with van der Waals surface area (Å²) in [6, 6.07) is 17.4. The number of aryl methyl sites for hydroxylation is 1. The molecule has 0 fully saturated rings. The number of esters is 1. The first-order valence-electron chi connectivity index (χ1n) is 10.0. The van der Waals surface area contributed by atoms with E-state index in [2.05, 4.69) is 17.4 Å². The predicted octanol–water partition coefficient (Wildman–Crippen LogP) is 4.26. The summed E-state index contributed by atoms with van der Waals surface area (Å²) >= 11 is 0. The molecular formula is C24H27NO5. The zero-order chi connectivity index (χ0) is 21.5. The highest BCUT2D eigenvalue weighted by atomic mass is 16.6. The van der Waals surface area contributed by atoms with E-state index >= 15 is 0 Å². The molecule has 0 saturated carbocycles. The summed E-state index contributed by atoms with van der Waals surface area (Å²) in [6.07, 6.45) is 0.702. The Hall–Kier alpha value is -3.12. The lowest BCUT2D eigenvalue weighted by molar-refractivity contribution is -0.129. The first kappa shape index (κ1) is 21.6. The van der Waals surface area contributed by atoms with Crippen molar-refractivity contribution in [3.05, 3.63) is 71.5 Å². The summed E-state index contributed by atoms with van der Waals surface area (Å²) in [7, 11) is 1.55. The molecule has 158 valence electrons. The fourth-order valence-electron chi connectivity index (χ4n) is 3.28. The molecule has 3 aromatic rings. The van der Waals surface area contributed by atoms with Crippen LogP contribution in [0.1, 0.15) is 41.9 Å². The summed E-state index contributed by atoms with van der Waals surface area (Å²) < 4.78 is 16.3. The third kappa shape index (κ3) is 5.27. The third-order valence-corrected chi connectivity index (χ3v) is 4.92. The molecule has 0 saturated heterocycles. The number of para-hydroxylation sites is 1. The van der Waals surface area contributed by atoms with Crippen molar-refractivity contribution in [2.75, 3.05) is 7.11 Å². The second kappa shape index (κ2) is 10.1. The number of methoxy groups -OCH3 is 1. The lowest BCUT2D eigenvalue weighted by atomic mass is 10.1. The Bertz CT molecular complexity index is 995. The lowest BCUT2D eigenvalue weighted by Crippen LogP contribution is -2.41. The van der Waals surface area contributed by atoms with E-state index in [1.165, 1.54) is 5.56 Å². The number of amides is 1. The maximum Gasteiger partial charge on any atom is 0.375 e. The van der Waals surface area contributed by atoms with Gasteiger partial charge in [0.2, 0.25) is 5.76 Å². The van der Waals surface area contributed by atoms with Crippen molar-refractivity contribution in [1.29, 1.82) is 0 Å². The van der Waals surface area contributed by atoms with Gasteiger partial charge in [0, 0.05) is 24.1 Å². The number of ether oxygens (including phenoxy) is 2. The van der Waals surface area contributed by atoms with E-state index in [1.807, 2.05) is 43.3 Å². The van der Waals surface area contributed by atoms with Crippen molar-refractivity contribution >= 4 is 22.8 Å². The summed E-state index contributed by atoms with van der Waals surface area (Å²) in [5.41, 5.74) is 2.40. The number of carbonyl (C=O) groups excluding carboxylic acids is 2. The number of hydrogen-bond acceptors (Lipinski definition) is 5. The van der Waals surface area contributed by atoms with Crippen LogP contribution in [0.4, 0.5) is 0 Å². The molecule has 2 aromatic carbocycles. The molecule has 6 nitrogen and oxygen atoms in total. The minimum absolute atomic E-state index is 0.0471. The maximum absolute atomic E-state index is 12.7. The van der Waals surface area contributed by atoms with Crippen LogP contribution in [0.15, 0.2) is 59.0 Å². The van der Waals surface area contributed by atoms with Crippen molar-refractivity contribution in [3.8, 4) is 0 Å². The van der Waals surface area contributed by atoms with E-state index in [-0.39, 0.29) is 24.3 Å². The second-order valence-corrected chi connectivity index (χ2v) is 7.32. The van der Waals surface area contributed by atoms with Gasteiger partial charge in [0.15, 0.2) is 6.10 Å². The van der Waals surface area contributed by atoms with Crippen molar-refractivity contribution in [3.63, 3.8) is 0 Å². The number of hydrogen-bond donors (Lipinski definition) is 1. The van der Waals surface area contributed by atoms with Crippen molar-refractivity contribution in [2.24, 2.45) is 0 Å². The van der Waals surface area contributed by atoms with Gasteiger partial charge in [0.05, 0.1) is 6.61 Å². The van der Waals surface area contributed by atoms with Crippen LogP contribution in [0.5, 0.6) is 0 Å². The molecule has 0 aliphatic carbocycles. The van der Waals surface area contributed by atoms with E-state index < -0.39 is 12.1 Å². The van der Waals surface area contributed by atoms with Gasteiger partial charge in [-0.15, -0.1) is 0 Å². The van der Waals surface area contributed by atoms with Crippen LogP contribution in [0.25, 0.3) is 11.0 Å². The van der Waals surface area contributed by atoms with Gasteiger partial charge in [-0.2, -0.15) is 0 Å². The Morgan fingerprint density at radius 2 is 1.73 bits per heavy atom. The summed E-state index contributed by atoms with van der Waals surface area (Å²) in [5.74, 6) is -0.957. The topological polar surface area (TPSA) is 77.8 Å². The molecule has 1 heterocycles. The highest BCUT2D eigenvalue weighted by Gasteiger charge is 2.26. The highest BCUT2D eigenvalue weighted by molar-refractivity contribution is 5.97. The number of nitrogens with one attached hydrogen (secondary N) is 1. The van der Waals surface area contributed by atoms with Gasteiger partial charge < -0.3 is 19.2 Å². The van der Waals surface area contributed by atoms with Gasteiger partial charge in [0.1, 0.15) is 5.58 Å². The number of benzene rings is 2. The maximum atomic E-state index is 12.7. The molecule has 1 aromatic heterocycles. The summed E-state index contributed by atoms with van der Waals surface area (Å²) in [5, 5.41) is 3.69. The number of carbonyl (C=O) groups is 2. The first-order chi connectivity index (χ1) is 14.5. The minimum Gasteiger partial charge on any atom is -0.449 e. The van der Waals surface area contributed by atoms with Crippen molar-refractivity contribution in [2.45, 2.75) is 45.4 Å². The molecule has 0 spiro atoms. The molecule has 30 heavy (non-hydrogen) atoms. The van der Waals surface area contributed by atoms with E-state index in [4.69, 9.17) is 13.9 Å². The Kier molecular flexibility index (Phi) is 7.25. The number of rotatable bonds is 9. The smallest absolute Gasteiger partial charge is 0.375 e. The predicted molar refractivity (Wildman–Crippen MR) is 114 cm³/mol. The van der Waals surface area contributed by atoms with Crippen molar-refractivity contribution in [1.82, 2.24) is 5.32 Å². The third-order valence-electron chi connectivity index (χ3n) is 4.92. The minimum atomic E-state index is -0.944. The van der Waals surface area contributed by atoms with Crippen LogP contribution in [-0.2, 0) is 27.3 Å². The summed E-state index contributed by atoms with van der Waals surface area (Å²) in [4.78, 5) is 25.1. The van der Waals surface area contributed by atoms with Crippen LogP contribution >= 0.6 is 0 Å². The number of furan rings is 1. The Balaban J connectivity index is 1.59. The quantitative estimate of drug-likeness (QED) is 0.534. The number of fused-ring (bicyclic) bond motifs is 1. The second-order valence-electron chi connectivity index (χ2n) is 7.32. The average Bonchev–Trinajstić information content (AvgIpc) is 3.12. The summed E-state index contributed by atoms with van der Waals surface area (Å²) in [6.45, 7) is 3.69. The van der Waals surface area contributed by atoms with Gasteiger partial charge in [0.25, 0.3) is 5.91 Å². The highest BCUT2D eigenvalue weighted by Crippen LogP contribution is 2.27. The zero-order valence-corrected chi connectivity index (χ0v) is 17.5. The van der Waals surface area contributed by atoms with Crippen LogP contribution in [-0.4, -0.2) is 31.1 Å². The first-order valence-corrected chi connectivity index (χ1v) is 10.0. The van der Waals surface area contributed by atoms with E-state index in [1.54, 1.807) is 20.1 Å². The molecule has 0 radical (unpaired) electrons. The van der Waals surface area contributed by atoms with Crippen LogP contribution in [0.2, 0.25) is 0 Å².